The molecule has 3 aromatic carbocycles. The Bertz CT molecular complexity index is 1060. The molecular formula is C22H18BrClFNO4. The van der Waals surface area contributed by atoms with Gasteiger partial charge in [0, 0.05) is 23.9 Å². The van der Waals surface area contributed by atoms with Gasteiger partial charge in [0.1, 0.15) is 12.4 Å². The van der Waals surface area contributed by atoms with E-state index in [4.69, 9.17) is 30.5 Å². The summed E-state index contributed by atoms with van der Waals surface area (Å²) >= 11 is 9.60. The fourth-order valence-corrected chi connectivity index (χ4v) is 3.86. The Hall–Kier alpha value is -2.64. The predicted octanol–water partition coefficient (Wildman–Crippen LogP) is 6.17. The summed E-state index contributed by atoms with van der Waals surface area (Å²) < 4.78 is 36.7. The second-order valence-corrected chi connectivity index (χ2v) is 7.78. The minimum absolute atomic E-state index is 0.0186. The first-order valence-electron chi connectivity index (χ1n) is 9.11. The molecule has 0 atom stereocenters. The highest BCUT2D eigenvalue weighted by atomic mass is 79.9. The van der Waals surface area contributed by atoms with E-state index in [9.17, 15) is 4.39 Å². The molecule has 1 heterocycles. The van der Waals surface area contributed by atoms with Crippen LogP contribution < -0.4 is 24.3 Å². The van der Waals surface area contributed by atoms with Crippen LogP contribution in [0.2, 0.25) is 5.02 Å². The number of halogens is 3. The third-order valence-corrected chi connectivity index (χ3v) is 5.52. The van der Waals surface area contributed by atoms with Crippen LogP contribution in [-0.4, -0.2) is 13.9 Å². The number of benzene rings is 3. The van der Waals surface area contributed by atoms with Crippen LogP contribution in [0.3, 0.4) is 0 Å². The van der Waals surface area contributed by atoms with Gasteiger partial charge >= 0.3 is 0 Å². The van der Waals surface area contributed by atoms with Crippen LogP contribution in [0.4, 0.5) is 10.1 Å². The van der Waals surface area contributed by atoms with Crippen LogP contribution in [0.5, 0.6) is 23.0 Å². The first-order valence-corrected chi connectivity index (χ1v) is 10.3. The van der Waals surface area contributed by atoms with Crippen molar-refractivity contribution in [2.24, 2.45) is 0 Å². The van der Waals surface area contributed by atoms with Crippen LogP contribution in [0.25, 0.3) is 0 Å². The Balaban J connectivity index is 1.48. The Morgan fingerprint density at radius 2 is 1.97 bits per heavy atom. The fraction of sp³-hybridized carbons (Fsp3) is 0.182. The monoisotopic (exact) mass is 493 g/mol. The van der Waals surface area contributed by atoms with Crippen molar-refractivity contribution in [1.82, 2.24) is 0 Å². The van der Waals surface area contributed by atoms with Crippen LogP contribution in [0.1, 0.15) is 11.1 Å². The molecule has 0 radical (unpaired) electrons. The largest absolute Gasteiger partial charge is 0.493 e. The number of ether oxygens (including phenoxy) is 4. The maximum absolute atomic E-state index is 14.0. The van der Waals surface area contributed by atoms with E-state index in [1.54, 1.807) is 19.2 Å². The van der Waals surface area contributed by atoms with Crippen LogP contribution in [0.15, 0.2) is 53.0 Å². The molecule has 8 heteroatoms. The topological polar surface area (TPSA) is 49.0 Å². The zero-order valence-electron chi connectivity index (χ0n) is 16.0. The van der Waals surface area contributed by atoms with Gasteiger partial charge in [-0.15, -0.1) is 0 Å². The van der Waals surface area contributed by atoms with Gasteiger partial charge in [-0.25, -0.2) is 4.39 Å². The molecule has 0 fully saturated rings. The minimum Gasteiger partial charge on any atom is -0.493 e. The van der Waals surface area contributed by atoms with Crippen molar-refractivity contribution >= 4 is 33.2 Å². The van der Waals surface area contributed by atoms with Crippen molar-refractivity contribution in [3.05, 3.63) is 75.0 Å². The van der Waals surface area contributed by atoms with E-state index in [2.05, 4.69) is 21.2 Å². The molecule has 0 saturated heterocycles. The van der Waals surface area contributed by atoms with Gasteiger partial charge in [0.15, 0.2) is 23.0 Å². The highest BCUT2D eigenvalue weighted by Crippen LogP contribution is 2.38. The van der Waals surface area contributed by atoms with Crippen molar-refractivity contribution in [3.8, 4) is 23.0 Å². The molecule has 0 aliphatic carbocycles. The number of fused-ring (bicyclic) bond motifs is 1. The van der Waals surface area contributed by atoms with E-state index >= 15 is 0 Å². The fourth-order valence-electron chi connectivity index (χ4n) is 3.04. The molecule has 1 aliphatic heterocycles. The summed E-state index contributed by atoms with van der Waals surface area (Å²) in [5, 5.41) is 3.66. The summed E-state index contributed by atoms with van der Waals surface area (Å²) in [6.45, 7) is 0.770. The van der Waals surface area contributed by atoms with E-state index in [-0.39, 0.29) is 13.4 Å². The van der Waals surface area contributed by atoms with Crippen LogP contribution in [-0.2, 0) is 13.2 Å². The molecule has 0 unspecified atom stereocenters. The average Bonchev–Trinajstić information content (AvgIpc) is 3.20. The number of hydrogen-bond donors (Lipinski definition) is 1. The molecule has 0 bridgehead atoms. The second kappa shape index (κ2) is 9.02. The van der Waals surface area contributed by atoms with Crippen molar-refractivity contribution in [3.63, 3.8) is 0 Å². The van der Waals surface area contributed by atoms with E-state index in [0.717, 1.165) is 17.0 Å². The van der Waals surface area contributed by atoms with Crippen molar-refractivity contribution in [2.75, 3.05) is 19.2 Å². The van der Waals surface area contributed by atoms with Gasteiger partial charge in [-0.2, -0.15) is 0 Å². The molecule has 3 aromatic rings. The molecule has 0 amide bonds. The molecule has 0 spiro atoms. The third-order valence-electron chi connectivity index (χ3n) is 4.58. The summed E-state index contributed by atoms with van der Waals surface area (Å²) in [7, 11) is 1.56. The molecule has 1 aliphatic rings. The maximum atomic E-state index is 14.0. The van der Waals surface area contributed by atoms with Gasteiger partial charge in [-0.1, -0.05) is 17.7 Å². The zero-order chi connectivity index (χ0) is 21.1. The van der Waals surface area contributed by atoms with Crippen molar-refractivity contribution in [1.29, 1.82) is 0 Å². The lowest BCUT2D eigenvalue weighted by atomic mass is 10.2. The Morgan fingerprint density at radius 3 is 2.77 bits per heavy atom. The van der Waals surface area contributed by atoms with E-state index in [0.29, 0.717) is 38.9 Å². The number of hydrogen-bond acceptors (Lipinski definition) is 5. The molecule has 0 aromatic heterocycles. The average molecular weight is 495 g/mol. The Labute approximate surface area is 186 Å². The SMILES string of the molecule is COc1cc(CNc2ccc3c(c2)OCO3)cc(Br)c1OCc1c(F)cccc1Cl. The Kier molecular flexibility index (Phi) is 6.20. The highest BCUT2D eigenvalue weighted by molar-refractivity contribution is 9.10. The standard InChI is InChI=1S/C22H18BrClFNO4/c1-27-21-8-13(10-26-14-5-6-19-20(9-14)30-12-29-19)7-16(23)22(21)28-11-15-17(24)3-2-4-18(15)25/h2-9,26H,10-12H2,1H3. The normalized spacial score (nSPS) is 12.0. The molecular weight excluding hydrogens is 477 g/mol. The van der Waals surface area contributed by atoms with Gasteiger partial charge in [0.25, 0.3) is 0 Å². The molecule has 1 N–H and O–H groups in total. The van der Waals surface area contributed by atoms with Crippen molar-refractivity contribution in [2.45, 2.75) is 13.2 Å². The van der Waals surface area contributed by atoms with E-state index in [1.165, 1.54) is 6.07 Å². The molecule has 0 saturated carbocycles. The number of rotatable bonds is 7. The summed E-state index contributed by atoms with van der Waals surface area (Å²) in [4.78, 5) is 0. The van der Waals surface area contributed by atoms with E-state index < -0.39 is 5.82 Å². The smallest absolute Gasteiger partial charge is 0.231 e. The summed E-state index contributed by atoms with van der Waals surface area (Å²) in [5.41, 5.74) is 2.16. The summed E-state index contributed by atoms with van der Waals surface area (Å²) in [6, 6.07) is 14.0. The zero-order valence-corrected chi connectivity index (χ0v) is 18.3. The first kappa shape index (κ1) is 20.6. The van der Waals surface area contributed by atoms with E-state index in [1.807, 2.05) is 30.3 Å². The summed E-state index contributed by atoms with van der Waals surface area (Å²) in [6.07, 6.45) is 0. The summed E-state index contributed by atoms with van der Waals surface area (Å²) in [5.74, 6) is 2.04. The lowest BCUT2D eigenvalue weighted by Gasteiger charge is -2.16. The minimum atomic E-state index is -0.415. The molecule has 156 valence electrons. The predicted molar refractivity (Wildman–Crippen MR) is 116 cm³/mol. The molecule has 30 heavy (non-hydrogen) atoms. The number of nitrogens with one attached hydrogen (secondary N) is 1. The Morgan fingerprint density at radius 1 is 1.13 bits per heavy atom. The van der Waals surface area contributed by atoms with Gasteiger partial charge in [0.2, 0.25) is 6.79 Å². The van der Waals surface area contributed by atoms with Gasteiger partial charge in [0.05, 0.1) is 16.6 Å². The van der Waals surface area contributed by atoms with Gasteiger partial charge in [-0.3, -0.25) is 0 Å². The number of anilines is 1. The van der Waals surface area contributed by atoms with Crippen molar-refractivity contribution < 1.29 is 23.3 Å². The second-order valence-electron chi connectivity index (χ2n) is 6.52. The third kappa shape index (κ3) is 4.42. The lowest BCUT2D eigenvalue weighted by molar-refractivity contribution is 0.174. The quantitative estimate of drug-likeness (QED) is 0.426. The van der Waals surface area contributed by atoms with Gasteiger partial charge < -0.3 is 24.3 Å². The van der Waals surface area contributed by atoms with Crippen LogP contribution in [0, 0.1) is 5.82 Å². The maximum Gasteiger partial charge on any atom is 0.231 e. The van der Waals surface area contributed by atoms with Gasteiger partial charge in [-0.05, 0) is 57.9 Å². The number of methoxy groups -OCH3 is 1. The first-order chi connectivity index (χ1) is 14.5. The van der Waals surface area contributed by atoms with Crippen LogP contribution >= 0.6 is 27.5 Å². The lowest BCUT2D eigenvalue weighted by Crippen LogP contribution is -2.04. The molecule has 4 rings (SSSR count). The highest BCUT2D eigenvalue weighted by Gasteiger charge is 2.16. The molecule has 5 nitrogen and oxygen atoms in total.